The van der Waals surface area contributed by atoms with Crippen LogP contribution in [-0.2, 0) is 16.1 Å². The van der Waals surface area contributed by atoms with Gasteiger partial charge in [0.25, 0.3) is 5.01 Å². The van der Waals surface area contributed by atoms with Crippen LogP contribution in [0.5, 0.6) is 0 Å². The molecule has 0 fully saturated rings. The molecule has 31 heavy (non-hydrogen) atoms. The predicted octanol–water partition coefficient (Wildman–Crippen LogP) is 4.44. The molecule has 8 heteroatoms. The van der Waals surface area contributed by atoms with Crippen molar-refractivity contribution in [2.75, 3.05) is 11.4 Å². The molecule has 1 aliphatic rings. The Kier molecular flexibility index (Phi) is 5.84. The number of thiazole rings is 1. The highest BCUT2D eigenvalue weighted by atomic mass is 32.2. The minimum Gasteiger partial charge on any atom is -0.480 e. The molecule has 3 aromatic rings. The molecule has 2 heterocycles. The fraction of sp³-hybridized carbons (Fsp3) is 0.174. The molecule has 2 N–H and O–H groups in total. The maximum atomic E-state index is 11.4. The lowest BCUT2D eigenvalue weighted by atomic mass is 10.2. The number of aliphatic carboxylic acids is 2. The van der Waals surface area contributed by atoms with Gasteiger partial charge in [-0.2, -0.15) is 4.57 Å². The molecule has 0 saturated carbocycles. The molecule has 1 aliphatic heterocycles. The summed E-state index contributed by atoms with van der Waals surface area (Å²) in [5, 5.41) is 20.4. The van der Waals surface area contributed by atoms with E-state index in [0.29, 0.717) is 0 Å². The van der Waals surface area contributed by atoms with Crippen molar-refractivity contribution < 1.29 is 24.4 Å². The van der Waals surface area contributed by atoms with Crippen molar-refractivity contribution in [1.82, 2.24) is 0 Å². The van der Waals surface area contributed by atoms with Crippen molar-refractivity contribution in [3.63, 3.8) is 0 Å². The van der Waals surface area contributed by atoms with E-state index >= 15 is 0 Å². The van der Waals surface area contributed by atoms with Crippen LogP contribution < -0.4 is 9.47 Å². The molecule has 4 rings (SSSR count). The molecule has 0 bridgehead atoms. The Balaban J connectivity index is 1.69. The number of aromatic nitrogens is 1. The summed E-state index contributed by atoms with van der Waals surface area (Å²) in [6, 6.07) is 12.0. The average Bonchev–Trinajstić information content (AvgIpc) is 3.19. The van der Waals surface area contributed by atoms with Gasteiger partial charge in [0, 0.05) is 17.0 Å². The smallest absolute Gasteiger partial charge is 0.370 e. The molecular formula is C23H21N2O4S2+. The summed E-state index contributed by atoms with van der Waals surface area (Å²) in [5.74, 6) is -1.80. The van der Waals surface area contributed by atoms with Gasteiger partial charge in [-0.3, -0.25) is 4.79 Å². The molecule has 0 saturated heterocycles. The van der Waals surface area contributed by atoms with Crippen LogP contribution in [0.1, 0.15) is 16.1 Å². The first-order valence-corrected chi connectivity index (χ1v) is 11.3. The van der Waals surface area contributed by atoms with Gasteiger partial charge in [0.15, 0.2) is 0 Å². The first-order valence-electron chi connectivity index (χ1n) is 9.63. The van der Waals surface area contributed by atoms with E-state index in [0.717, 1.165) is 42.0 Å². The molecule has 0 spiro atoms. The van der Waals surface area contributed by atoms with Gasteiger partial charge in [-0.25, -0.2) is 4.79 Å². The fourth-order valence-electron chi connectivity index (χ4n) is 3.48. The number of carbonyl (C=O) groups is 2. The van der Waals surface area contributed by atoms with Gasteiger partial charge in [-0.1, -0.05) is 41.3 Å². The summed E-state index contributed by atoms with van der Waals surface area (Å²) in [5.41, 5.74) is 3.93. The second-order valence-corrected chi connectivity index (χ2v) is 9.43. The fourth-order valence-corrected chi connectivity index (χ4v) is 5.59. The van der Waals surface area contributed by atoms with E-state index in [1.807, 2.05) is 68.5 Å². The van der Waals surface area contributed by atoms with Crippen LogP contribution in [-0.4, -0.2) is 28.7 Å². The van der Waals surface area contributed by atoms with Crippen molar-refractivity contribution >= 4 is 57.0 Å². The highest BCUT2D eigenvalue weighted by Crippen LogP contribution is 2.46. The van der Waals surface area contributed by atoms with E-state index in [-0.39, 0.29) is 13.1 Å². The van der Waals surface area contributed by atoms with E-state index in [2.05, 4.69) is 0 Å². The number of carboxylic acids is 2. The average molecular weight is 454 g/mol. The first kappa shape index (κ1) is 21.1. The number of anilines is 1. The van der Waals surface area contributed by atoms with Gasteiger partial charge in [-0.05, 0) is 49.2 Å². The number of aryl methyl sites for hydroxylation is 2. The van der Waals surface area contributed by atoms with E-state index < -0.39 is 11.9 Å². The quantitative estimate of drug-likeness (QED) is 0.537. The zero-order valence-electron chi connectivity index (χ0n) is 17.0. The molecule has 1 aromatic heterocycles. The lowest BCUT2D eigenvalue weighted by Gasteiger charge is -2.17. The van der Waals surface area contributed by atoms with Crippen LogP contribution in [0, 0.1) is 13.8 Å². The number of allylic oxidation sites excluding steroid dienone is 2. The van der Waals surface area contributed by atoms with Crippen molar-refractivity contribution in [3.8, 4) is 0 Å². The summed E-state index contributed by atoms with van der Waals surface area (Å²) in [7, 11) is 0. The number of benzene rings is 2. The Morgan fingerprint density at radius 1 is 1.06 bits per heavy atom. The first-order chi connectivity index (χ1) is 14.8. The van der Waals surface area contributed by atoms with Crippen LogP contribution in [0.2, 0.25) is 0 Å². The van der Waals surface area contributed by atoms with Gasteiger partial charge in [0.2, 0.25) is 12.1 Å². The summed E-state index contributed by atoms with van der Waals surface area (Å²) in [6.07, 6.45) is 5.61. The maximum absolute atomic E-state index is 11.4. The molecule has 0 radical (unpaired) electrons. The van der Waals surface area contributed by atoms with E-state index in [1.54, 1.807) is 9.47 Å². The van der Waals surface area contributed by atoms with Crippen LogP contribution in [0.3, 0.4) is 0 Å². The second kappa shape index (κ2) is 8.56. The molecule has 2 aromatic carbocycles. The van der Waals surface area contributed by atoms with Gasteiger partial charge in [0.05, 0.1) is 10.7 Å². The normalized spacial score (nSPS) is 14.6. The molecule has 158 valence electrons. The topological polar surface area (TPSA) is 81.7 Å². The summed E-state index contributed by atoms with van der Waals surface area (Å²) in [4.78, 5) is 25.6. The zero-order valence-corrected chi connectivity index (χ0v) is 18.7. The van der Waals surface area contributed by atoms with Crippen molar-refractivity contribution in [2.24, 2.45) is 0 Å². The van der Waals surface area contributed by atoms with Gasteiger partial charge < -0.3 is 15.1 Å². The predicted molar refractivity (Wildman–Crippen MR) is 124 cm³/mol. The number of fused-ring (bicyclic) bond motifs is 2. The highest BCUT2D eigenvalue weighted by Gasteiger charge is 2.27. The lowest BCUT2D eigenvalue weighted by Crippen LogP contribution is -2.39. The van der Waals surface area contributed by atoms with Crippen LogP contribution in [0.15, 0.2) is 58.5 Å². The van der Waals surface area contributed by atoms with E-state index in [4.69, 9.17) is 0 Å². The summed E-state index contributed by atoms with van der Waals surface area (Å²) >= 11 is 3.05. The lowest BCUT2D eigenvalue weighted by molar-refractivity contribution is -0.657. The third-order valence-corrected chi connectivity index (χ3v) is 7.10. The summed E-state index contributed by atoms with van der Waals surface area (Å²) < 4.78 is 2.81. The van der Waals surface area contributed by atoms with Gasteiger partial charge in [0.1, 0.15) is 11.2 Å². The van der Waals surface area contributed by atoms with E-state index in [9.17, 15) is 19.8 Å². The molecule has 0 amide bonds. The van der Waals surface area contributed by atoms with Crippen LogP contribution in [0.25, 0.3) is 16.3 Å². The molecule has 6 nitrogen and oxygen atoms in total. The number of nitrogens with zero attached hydrogens (tertiary/aromatic N) is 2. The number of hydrogen-bond donors (Lipinski definition) is 2. The van der Waals surface area contributed by atoms with Crippen LogP contribution >= 0.6 is 23.1 Å². The third-order valence-electron chi connectivity index (χ3n) is 4.84. The number of hydrogen-bond acceptors (Lipinski definition) is 5. The SMILES string of the molecule is Cc1ccc2c(c1)N(CC(=O)O)C(=CC=Cc1sc3ccc(C)cc3[n+]1CC(=O)O)S2. The minimum atomic E-state index is -0.899. The summed E-state index contributed by atoms with van der Waals surface area (Å²) in [6.45, 7) is 3.72. The third kappa shape index (κ3) is 4.50. The Morgan fingerprint density at radius 2 is 1.81 bits per heavy atom. The Bertz CT molecular complexity index is 1260. The number of thioether (sulfide) groups is 1. The number of carboxylic acid groups (broad SMARTS) is 2. The van der Waals surface area contributed by atoms with Gasteiger partial charge >= 0.3 is 11.9 Å². The van der Waals surface area contributed by atoms with Crippen molar-refractivity contribution in [3.05, 3.63) is 69.7 Å². The Hall–Kier alpha value is -3.10. The van der Waals surface area contributed by atoms with Crippen LogP contribution in [0.4, 0.5) is 5.69 Å². The molecule has 0 atom stereocenters. The zero-order chi connectivity index (χ0) is 22.1. The minimum absolute atomic E-state index is 0.121. The molecule has 0 aliphatic carbocycles. The standard InChI is InChI=1S/C23H20N2O4S2/c1-14-6-8-18-16(10-14)24(12-22(26)27)20(30-18)4-3-5-21-25(13-23(28)29)17-11-15(2)7-9-19(17)31-21/h3-11H,12-13H2,1-2H3,(H-,26,27,28,29)/p+1. The number of rotatable bonds is 6. The largest absolute Gasteiger partial charge is 0.480 e. The highest BCUT2D eigenvalue weighted by molar-refractivity contribution is 8.03. The Labute approximate surface area is 187 Å². The van der Waals surface area contributed by atoms with Gasteiger partial charge in [-0.15, -0.1) is 0 Å². The molecular weight excluding hydrogens is 432 g/mol. The molecule has 0 unspecified atom stereocenters. The second-order valence-electron chi connectivity index (χ2n) is 7.31. The Morgan fingerprint density at radius 3 is 2.55 bits per heavy atom. The van der Waals surface area contributed by atoms with E-state index in [1.165, 1.54) is 23.1 Å². The maximum Gasteiger partial charge on any atom is 0.370 e. The monoisotopic (exact) mass is 453 g/mol. The van der Waals surface area contributed by atoms with Crippen molar-refractivity contribution in [1.29, 1.82) is 0 Å². The van der Waals surface area contributed by atoms with Crippen molar-refractivity contribution in [2.45, 2.75) is 25.3 Å².